The van der Waals surface area contributed by atoms with E-state index in [0.717, 1.165) is 66.2 Å². The molecule has 1 aliphatic carbocycles. The highest BCUT2D eigenvalue weighted by Crippen LogP contribution is 2.37. The summed E-state index contributed by atoms with van der Waals surface area (Å²) >= 11 is 0. The van der Waals surface area contributed by atoms with Gasteiger partial charge in [-0.1, -0.05) is 12.1 Å². The number of rotatable bonds is 6. The number of hydrogen-bond donors (Lipinski definition) is 0. The molecule has 1 unspecified atom stereocenters. The summed E-state index contributed by atoms with van der Waals surface area (Å²) in [5, 5.41) is 0. The number of esters is 1. The lowest BCUT2D eigenvalue weighted by molar-refractivity contribution is 0.0301. The number of nitrogens with zero attached hydrogens (tertiary/aromatic N) is 2. The molecule has 6 heteroatoms. The molecular formula is C30H32N2O4. The second-order valence-corrected chi connectivity index (χ2v) is 9.56. The molecule has 0 radical (unpaired) electrons. The number of fused-ring (bicyclic) bond motifs is 2. The Morgan fingerprint density at radius 3 is 2.44 bits per heavy atom. The molecule has 0 amide bonds. The first-order valence-corrected chi connectivity index (χ1v) is 12.4. The first kappa shape index (κ1) is 23.9. The molecule has 1 atom stereocenters. The van der Waals surface area contributed by atoms with Crippen LogP contribution in [-0.4, -0.2) is 38.0 Å². The lowest BCUT2D eigenvalue weighted by Gasteiger charge is -2.27. The van der Waals surface area contributed by atoms with E-state index in [2.05, 4.69) is 29.2 Å². The van der Waals surface area contributed by atoms with Crippen LogP contribution in [0.4, 0.5) is 5.69 Å². The normalized spacial score (nSPS) is 16.6. The molecule has 0 fully saturated rings. The van der Waals surface area contributed by atoms with Crippen LogP contribution in [0.25, 0.3) is 0 Å². The molecule has 3 aromatic rings. The summed E-state index contributed by atoms with van der Waals surface area (Å²) in [6.45, 7) is 5.69. The predicted molar refractivity (Wildman–Crippen MR) is 141 cm³/mol. The molecule has 3 aromatic carbocycles. The third-order valence-corrected chi connectivity index (χ3v) is 7.26. The third-order valence-electron chi connectivity index (χ3n) is 7.26. The molecular weight excluding hydrogens is 452 g/mol. The maximum Gasteiger partial charge on any atom is 0.338 e. The number of ether oxygens (including phenoxy) is 3. The summed E-state index contributed by atoms with van der Waals surface area (Å²) in [6, 6.07) is 16.0. The van der Waals surface area contributed by atoms with Gasteiger partial charge in [0.25, 0.3) is 0 Å². The minimum Gasteiger partial charge on any atom is -0.493 e. The number of carbonyl (C=O) groups excluding carboxylic acids is 1. The zero-order chi connectivity index (χ0) is 25.2. The standard InChI is InChI=1S/C30H32N2O4/c1-19-5-6-23(13-20(19)2)30(33)36-27-10-8-21-7-9-25(16-26(21)27)31-18-32-12-11-22-14-28(34-3)29(35-4)15-24(22)17-32/h5-7,9,13-16,18,27H,8,10-12,17H2,1-4H3. The summed E-state index contributed by atoms with van der Waals surface area (Å²) in [4.78, 5) is 19.8. The molecule has 6 nitrogen and oxygen atoms in total. The van der Waals surface area contributed by atoms with Gasteiger partial charge in [0.2, 0.25) is 0 Å². The van der Waals surface area contributed by atoms with Crippen LogP contribution in [0.5, 0.6) is 11.5 Å². The molecule has 5 rings (SSSR count). The van der Waals surface area contributed by atoms with Gasteiger partial charge in [0.05, 0.1) is 31.8 Å². The number of aliphatic imine (C=N–C) groups is 1. The van der Waals surface area contributed by atoms with Crippen molar-refractivity contribution in [1.82, 2.24) is 4.90 Å². The summed E-state index contributed by atoms with van der Waals surface area (Å²) in [7, 11) is 3.32. The first-order chi connectivity index (χ1) is 17.4. The Bertz CT molecular complexity index is 1330. The zero-order valence-electron chi connectivity index (χ0n) is 21.3. The van der Waals surface area contributed by atoms with Crippen molar-refractivity contribution >= 4 is 18.0 Å². The Balaban J connectivity index is 1.28. The van der Waals surface area contributed by atoms with Crippen molar-refractivity contribution in [2.45, 2.75) is 45.8 Å². The van der Waals surface area contributed by atoms with E-state index in [1.165, 1.54) is 16.7 Å². The minimum atomic E-state index is -0.274. The number of aryl methyl sites for hydroxylation is 3. The van der Waals surface area contributed by atoms with Crippen molar-refractivity contribution in [1.29, 1.82) is 0 Å². The minimum absolute atomic E-state index is 0.242. The first-order valence-electron chi connectivity index (χ1n) is 12.4. The van der Waals surface area contributed by atoms with Crippen molar-refractivity contribution < 1.29 is 19.0 Å². The molecule has 2 aliphatic rings. The van der Waals surface area contributed by atoms with Gasteiger partial charge in [-0.2, -0.15) is 0 Å². The molecule has 1 heterocycles. The van der Waals surface area contributed by atoms with Crippen LogP contribution in [0.3, 0.4) is 0 Å². The molecule has 0 saturated heterocycles. The predicted octanol–water partition coefficient (Wildman–Crippen LogP) is 5.88. The maximum atomic E-state index is 12.8. The van der Waals surface area contributed by atoms with Crippen LogP contribution in [-0.2, 0) is 24.1 Å². The van der Waals surface area contributed by atoms with E-state index in [9.17, 15) is 4.79 Å². The molecule has 0 spiro atoms. The molecule has 0 bridgehead atoms. The van der Waals surface area contributed by atoms with E-state index in [0.29, 0.717) is 5.56 Å². The third kappa shape index (κ3) is 4.81. The highest BCUT2D eigenvalue weighted by Gasteiger charge is 2.27. The fourth-order valence-corrected chi connectivity index (χ4v) is 4.97. The van der Waals surface area contributed by atoms with E-state index in [-0.39, 0.29) is 12.1 Å². The summed E-state index contributed by atoms with van der Waals surface area (Å²) in [5.74, 6) is 1.24. The number of hydrogen-bond acceptors (Lipinski definition) is 5. The van der Waals surface area contributed by atoms with Crippen LogP contribution < -0.4 is 9.47 Å². The highest BCUT2D eigenvalue weighted by atomic mass is 16.5. The van der Waals surface area contributed by atoms with Crippen molar-refractivity contribution in [2.24, 2.45) is 4.99 Å². The van der Waals surface area contributed by atoms with Crippen LogP contribution in [0.2, 0.25) is 0 Å². The Hall–Kier alpha value is -3.80. The smallest absolute Gasteiger partial charge is 0.338 e. The van der Waals surface area contributed by atoms with Gasteiger partial charge in [-0.3, -0.25) is 0 Å². The van der Waals surface area contributed by atoms with Crippen molar-refractivity contribution in [3.05, 3.63) is 87.5 Å². The maximum absolute atomic E-state index is 12.8. The van der Waals surface area contributed by atoms with Gasteiger partial charge in [0.1, 0.15) is 6.10 Å². The van der Waals surface area contributed by atoms with E-state index in [1.54, 1.807) is 14.2 Å². The number of benzene rings is 3. The van der Waals surface area contributed by atoms with Crippen molar-refractivity contribution in [3.63, 3.8) is 0 Å². The summed E-state index contributed by atoms with van der Waals surface area (Å²) in [6.07, 6.45) is 4.29. The molecule has 0 saturated carbocycles. The molecule has 0 N–H and O–H groups in total. The average Bonchev–Trinajstić information content (AvgIpc) is 3.29. The van der Waals surface area contributed by atoms with E-state index < -0.39 is 0 Å². The van der Waals surface area contributed by atoms with Gasteiger partial charge in [-0.25, -0.2) is 9.79 Å². The van der Waals surface area contributed by atoms with Gasteiger partial charge < -0.3 is 19.1 Å². The van der Waals surface area contributed by atoms with Crippen LogP contribution in [0, 0.1) is 13.8 Å². The van der Waals surface area contributed by atoms with Gasteiger partial charge in [0.15, 0.2) is 11.5 Å². The second kappa shape index (κ2) is 10.1. The topological polar surface area (TPSA) is 60.4 Å². The quantitative estimate of drug-likeness (QED) is 0.248. The summed E-state index contributed by atoms with van der Waals surface area (Å²) < 4.78 is 16.8. The average molecular weight is 485 g/mol. The van der Waals surface area contributed by atoms with Gasteiger partial charge >= 0.3 is 5.97 Å². The Morgan fingerprint density at radius 1 is 0.917 bits per heavy atom. The molecule has 1 aliphatic heterocycles. The van der Waals surface area contributed by atoms with E-state index >= 15 is 0 Å². The van der Waals surface area contributed by atoms with Gasteiger partial charge in [-0.05, 0) is 103 Å². The number of carbonyl (C=O) groups is 1. The van der Waals surface area contributed by atoms with Gasteiger partial charge in [0, 0.05) is 13.1 Å². The van der Waals surface area contributed by atoms with Crippen LogP contribution in [0.1, 0.15) is 56.3 Å². The fraction of sp³-hybridized carbons (Fsp3) is 0.333. The number of methoxy groups -OCH3 is 2. The SMILES string of the molecule is COc1cc2c(cc1OC)CN(C=Nc1ccc3c(c1)C(OC(=O)c1ccc(C)c(C)c1)CC3)CC2. The lowest BCUT2D eigenvalue weighted by Crippen LogP contribution is -2.29. The van der Waals surface area contributed by atoms with Crippen molar-refractivity contribution in [3.8, 4) is 11.5 Å². The van der Waals surface area contributed by atoms with Crippen molar-refractivity contribution in [2.75, 3.05) is 20.8 Å². The monoisotopic (exact) mass is 484 g/mol. The molecule has 0 aromatic heterocycles. The fourth-order valence-electron chi connectivity index (χ4n) is 4.97. The highest BCUT2D eigenvalue weighted by molar-refractivity contribution is 5.90. The Kier molecular flexibility index (Phi) is 6.68. The second-order valence-electron chi connectivity index (χ2n) is 9.56. The molecule has 36 heavy (non-hydrogen) atoms. The van der Waals surface area contributed by atoms with Crippen LogP contribution >= 0.6 is 0 Å². The Labute approximate surface area is 212 Å². The zero-order valence-corrected chi connectivity index (χ0v) is 21.3. The summed E-state index contributed by atoms with van der Waals surface area (Å²) in [5.41, 5.74) is 8.49. The largest absolute Gasteiger partial charge is 0.493 e. The van der Waals surface area contributed by atoms with E-state index in [1.807, 2.05) is 44.5 Å². The van der Waals surface area contributed by atoms with E-state index in [4.69, 9.17) is 19.2 Å². The Morgan fingerprint density at radius 2 is 1.69 bits per heavy atom. The van der Waals surface area contributed by atoms with Gasteiger partial charge in [-0.15, -0.1) is 0 Å². The lowest BCUT2D eigenvalue weighted by atomic mass is 9.99. The van der Waals surface area contributed by atoms with Crippen LogP contribution in [0.15, 0.2) is 53.5 Å². The molecule has 186 valence electrons.